The maximum absolute atomic E-state index is 12.0. The molecule has 5 nitrogen and oxygen atoms in total. The van der Waals surface area contributed by atoms with Crippen LogP contribution in [-0.2, 0) is 14.3 Å². The fourth-order valence-electron chi connectivity index (χ4n) is 2.39. The van der Waals surface area contributed by atoms with Crippen molar-refractivity contribution >= 4 is 11.9 Å². The fourth-order valence-corrected chi connectivity index (χ4v) is 2.39. The van der Waals surface area contributed by atoms with E-state index in [1.165, 1.54) is 0 Å². The number of carboxylic acid groups (broad SMARTS) is 1. The number of ether oxygens (including phenoxy) is 1. The molecule has 0 unspecified atom stereocenters. The van der Waals surface area contributed by atoms with Crippen LogP contribution in [-0.4, -0.2) is 47.7 Å². The molecule has 0 aromatic heterocycles. The predicted molar refractivity (Wildman–Crippen MR) is 71.9 cm³/mol. The van der Waals surface area contributed by atoms with Gasteiger partial charge in [-0.25, -0.2) is 0 Å². The van der Waals surface area contributed by atoms with Gasteiger partial charge < -0.3 is 14.7 Å². The number of hydrogen-bond donors (Lipinski definition) is 1. The molecule has 0 aromatic rings. The van der Waals surface area contributed by atoms with Crippen LogP contribution in [0.15, 0.2) is 0 Å². The molecule has 1 atom stereocenters. The summed E-state index contributed by atoms with van der Waals surface area (Å²) in [5.41, 5.74) is 0. The van der Waals surface area contributed by atoms with E-state index < -0.39 is 5.97 Å². The predicted octanol–water partition coefficient (Wildman–Crippen LogP) is 1.90. The summed E-state index contributed by atoms with van der Waals surface area (Å²) in [4.78, 5) is 24.4. The first kappa shape index (κ1) is 16.0. The van der Waals surface area contributed by atoms with E-state index in [1.807, 2.05) is 18.7 Å². The Balaban J connectivity index is 2.28. The number of amides is 1. The lowest BCUT2D eigenvalue weighted by molar-refractivity contribution is -0.137. The molecule has 1 N–H and O–H groups in total. The van der Waals surface area contributed by atoms with Crippen molar-refractivity contribution < 1.29 is 19.4 Å². The van der Waals surface area contributed by atoms with Crippen molar-refractivity contribution in [2.24, 2.45) is 5.92 Å². The number of likely N-dealkylation sites (tertiary alicyclic amines) is 1. The van der Waals surface area contributed by atoms with Gasteiger partial charge in [0.1, 0.15) is 0 Å². The summed E-state index contributed by atoms with van der Waals surface area (Å²) in [5, 5.41) is 8.69. The van der Waals surface area contributed by atoms with E-state index in [2.05, 4.69) is 0 Å². The largest absolute Gasteiger partial charge is 0.481 e. The quantitative estimate of drug-likeness (QED) is 0.768. The molecule has 0 bridgehead atoms. The summed E-state index contributed by atoms with van der Waals surface area (Å²) in [6.07, 6.45) is 3.44. The third-order valence-corrected chi connectivity index (χ3v) is 3.41. The zero-order chi connectivity index (χ0) is 14.3. The van der Waals surface area contributed by atoms with Gasteiger partial charge in [-0.2, -0.15) is 0 Å². The molecule has 1 heterocycles. The lowest BCUT2D eigenvalue weighted by Crippen LogP contribution is -2.40. The Morgan fingerprint density at radius 3 is 2.74 bits per heavy atom. The number of nitrogens with zero attached hydrogens (tertiary/aromatic N) is 1. The molecule has 1 aliphatic heterocycles. The van der Waals surface area contributed by atoms with Crippen LogP contribution < -0.4 is 0 Å². The highest BCUT2D eigenvalue weighted by Gasteiger charge is 2.23. The maximum atomic E-state index is 12.0. The molecule has 0 aromatic carbocycles. The van der Waals surface area contributed by atoms with Gasteiger partial charge in [-0.15, -0.1) is 0 Å². The third-order valence-electron chi connectivity index (χ3n) is 3.41. The fraction of sp³-hybridized carbons (Fsp3) is 0.857. The van der Waals surface area contributed by atoms with E-state index in [9.17, 15) is 9.59 Å². The van der Waals surface area contributed by atoms with Crippen LogP contribution in [0.5, 0.6) is 0 Å². The normalized spacial score (nSPS) is 19.7. The number of piperidine rings is 1. The van der Waals surface area contributed by atoms with Crippen LogP contribution >= 0.6 is 0 Å². The van der Waals surface area contributed by atoms with E-state index in [0.29, 0.717) is 31.9 Å². The second kappa shape index (κ2) is 8.15. The number of aliphatic carboxylic acids is 1. The SMILES string of the molecule is CC(C)OCCC(=O)N1CCC[C@H](CCC(=O)O)C1. The molecular weight excluding hydrogens is 246 g/mol. The van der Waals surface area contributed by atoms with Gasteiger partial charge in [-0.1, -0.05) is 0 Å². The molecule has 0 radical (unpaired) electrons. The smallest absolute Gasteiger partial charge is 0.303 e. The number of carboxylic acids is 1. The molecule has 5 heteroatoms. The Morgan fingerprint density at radius 2 is 2.11 bits per heavy atom. The maximum Gasteiger partial charge on any atom is 0.303 e. The van der Waals surface area contributed by atoms with Crippen molar-refractivity contribution in [3.8, 4) is 0 Å². The molecule has 0 spiro atoms. The Bertz CT molecular complexity index is 304. The topological polar surface area (TPSA) is 66.8 Å². The average molecular weight is 271 g/mol. The zero-order valence-electron chi connectivity index (χ0n) is 11.9. The van der Waals surface area contributed by atoms with Crippen molar-refractivity contribution in [2.75, 3.05) is 19.7 Å². The molecule has 1 amide bonds. The summed E-state index contributed by atoms with van der Waals surface area (Å²) >= 11 is 0. The van der Waals surface area contributed by atoms with Crippen molar-refractivity contribution in [1.29, 1.82) is 0 Å². The van der Waals surface area contributed by atoms with Gasteiger partial charge in [-0.05, 0) is 39.0 Å². The molecule has 110 valence electrons. The van der Waals surface area contributed by atoms with Crippen molar-refractivity contribution in [1.82, 2.24) is 4.90 Å². The summed E-state index contributed by atoms with van der Waals surface area (Å²) in [5.74, 6) is -0.297. The van der Waals surface area contributed by atoms with E-state index in [4.69, 9.17) is 9.84 Å². The van der Waals surface area contributed by atoms with Crippen LogP contribution in [0.2, 0.25) is 0 Å². The second-order valence-corrected chi connectivity index (χ2v) is 5.45. The number of hydrogen-bond acceptors (Lipinski definition) is 3. The third kappa shape index (κ3) is 6.57. The second-order valence-electron chi connectivity index (χ2n) is 5.45. The number of carbonyl (C=O) groups excluding carboxylic acids is 1. The summed E-state index contributed by atoms with van der Waals surface area (Å²) in [7, 11) is 0. The zero-order valence-corrected chi connectivity index (χ0v) is 11.9. The summed E-state index contributed by atoms with van der Waals surface area (Å²) in [6, 6.07) is 0. The lowest BCUT2D eigenvalue weighted by atomic mass is 9.93. The van der Waals surface area contributed by atoms with E-state index in [1.54, 1.807) is 0 Å². The minimum absolute atomic E-state index is 0.126. The highest BCUT2D eigenvalue weighted by molar-refractivity contribution is 5.76. The van der Waals surface area contributed by atoms with E-state index in [-0.39, 0.29) is 18.4 Å². The standard InChI is InChI=1S/C14H25NO4/c1-11(2)19-9-7-13(16)15-8-3-4-12(10-15)5-6-14(17)18/h11-12H,3-10H2,1-2H3,(H,17,18)/t12-/m1/s1. The summed E-state index contributed by atoms with van der Waals surface area (Å²) in [6.45, 7) is 5.87. The molecule has 1 rings (SSSR count). The Hall–Kier alpha value is -1.10. The molecule has 1 fully saturated rings. The van der Waals surface area contributed by atoms with Crippen LogP contribution in [0.3, 0.4) is 0 Å². The molecule has 19 heavy (non-hydrogen) atoms. The first-order valence-corrected chi connectivity index (χ1v) is 7.10. The van der Waals surface area contributed by atoms with Gasteiger partial charge in [0.2, 0.25) is 5.91 Å². The molecule has 0 saturated carbocycles. The highest BCUT2D eigenvalue weighted by Crippen LogP contribution is 2.21. The molecule has 1 aliphatic rings. The van der Waals surface area contributed by atoms with Gasteiger partial charge in [0, 0.05) is 19.5 Å². The minimum Gasteiger partial charge on any atom is -0.481 e. The first-order valence-electron chi connectivity index (χ1n) is 7.10. The molecule has 1 saturated heterocycles. The molecular formula is C14H25NO4. The van der Waals surface area contributed by atoms with Gasteiger partial charge in [0.05, 0.1) is 19.1 Å². The van der Waals surface area contributed by atoms with Crippen molar-refractivity contribution in [3.63, 3.8) is 0 Å². The monoisotopic (exact) mass is 271 g/mol. The van der Waals surface area contributed by atoms with Gasteiger partial charge >= 0.3 is 5.97 Å². The summed E-state index contributed by atoms with van der Waals surface area (Å²) < 4.78 is 5.38. The van der Waals surface area contributed by atoms with E-state index in [0.717, 1.165) is 19.4 Å². The van der Waals surface area contributed by atoms with Crippen molar-refractivity contribution in [2.45, 2.75) is 52.1 Å². The Labute approximate surface area is 114 Å². The lowest BCUT2D eigenvalue weighted by Gasteiger charge is -2.32. The number of carbonyl (C=O) groups is 2. The Kier molecular flexibility index (Phi) is 6.84. The van der Waals surface area contributed by atoms with Crippen molar-refractivity contribution in [3.05, 3.63) is 0 Å². The average Bonchev–Trinajstić information content (AvgIpc) is 2.36. The van der Waals surface area contributed by atoms with E-state index >= 15 is 0 Å². The first-order chi connectivity index (χ1) is 8.99. The van der Waals surface area contributed by atoms with Crippen LogP contribution in [0.4, 0.5) is 0 Å². The van der Waals surface area contributed by atoms with Gasteiger partial charge in [0.25, 0.3) is 0 Å². The Morgan fingerprint density at radius 1 is 1.37 bits per heavy atom. The van der Waals surface area contributed by atoms with Gasteiger partial charge in [0.15, 0.2) is 0 Å². The van der Waals surface area contributed by atoms with Crippen LogP contribution in [0.1, 0.15) is 46.0 Å². The minimum atomic E-state index is -0.756. The van der Waals surface area contributed by atoms with Gasteiger partial charge in [-0.3, -0.25) is 9.59 Å². The van der Waals surface area contributed by atoms with Crippen LogP contribution in [0.25, 0.3) is 0 Å². The number of rotatable bonds is 7. The highest BCUT2D eigenvalue weighted by atomic mass is 16.5. The van der Waals surface area contributed by atoms with Crippen LogP contribution in [0, 0.1) is 5.92 Å². The molecule has 0 aliphatic carbocycles.